The van der Waals surface area contributed by atoms with E-state index in [0.717, 1.165) is 7.11 Å². The zero-order chi connectivity index (χ0) is 13.9. The van der Waals surface area contributed by atoms with Gasteiger partial charge in [-0.05, 0) is 12.2 Å². The molecule has 1 rings (SSSR count). The highest BCUT2D eigenvalue weighted by Crippen LogP contribution is 2.24. The van der Waals surface area contributed by atoms with Gasteiger partial charge in [-0.2, -0.15) is 5.26 Å². The average Bonchev–Trinajstić information content (AvgIpc) is 2.26. The molecule has 18 heavy (non-hydrogen) atoms. The van der Waals surface area contributed by atoms with Crippen molar-refractivity contribution in [2.75, 3.05) is 19.1 Å². The Kier molecular flexibility index (Phi) is 4.37. The minimum absolute atomic E-state index is 0.0950. The van der Waals surface area contributed by atoms with Crippen molar-refractivity contribution < 1.29 is 18.5 Å². The van der Waals surface area contributed by atoms with Crippen LogP contribution in [-0.4, -0.2) is 45.9 Å². The van der Waals surface area contributed by atoms with E-state index < -0.39 is 34.1 Å². The van der Waals surface area contributed by atoms with E-state index in [-0.39, 0.29) is 10.9 Å². The fraction of sp³-hybridized carbons (Fsp3) is 0.556. The molecule has 2 N–H and O–H groups in total. The second-order valence-electron chi connectivity index (χ2n) is 3.69. The third-order valence-electron chi connectivity index (χ3n) is 2.44. The molecule has 0 spiro atoms. The van der Waals surface area contributed by atoms with Gasteiger partial charge in [0, 0.05) is 17.1 Å². The van der Waals surface area contributed by atoms with Gasteiger partial charge < -0.3 is 15.4 Å². The van der Waals surface area contributed by atoms with Crippen LogP contribution in [0.3, 0.4) is 0 Å². The molecule has 1 heterocycles. The number of carbonyl (C=O) groups excluding carboxylic acids is 2. The molecule has 9 heteroatoms. The van der Waals surface area contributed by atoms with Gasteiger partial charge in [0.1, 0.15) is 0 Å². The van der Waals surface area contributed by atoms with Gasteiger partial charge in [0.15, 0.2) is 16.6 Å². The first-order valence-corrected chi connectivity index (χ1v) is 6.92. The molecule has 0 unspecified atom stereocenters. The van der Waals surface area contributed by atoms with Gasteiger partial charge in [-0.3, -0.25) is 9.00 Å². The number of hydrogen-bond acceptors (Lipinski definition) is 6. The smallest absolute Gasteiger partial charge is 0.334 e. The normalized spacial score (nSPS) is 28.6. The van der Waals surface area contributed by atoms with Crippen LogP contribution in [0.5, 0.6) is 0 Å². The molecule has 7 nitrogen and oxygen atoms in total. The zero-order valence-corrected chi connectivity index (χ0v) is 11.3. The predicted octanol–water partition coefficient (Wildman–Crippen LogP) is -1.58. The van der Waals surface area contributed by atoms with Crippen molar-refractivity contribution in [1.29, 1.82) is 5.26 Å². The van der Waals surface area contributed by atoms with E-state index in [2.05, 4.69) is 15.4 Å². The van der Waals surface area contributed by atoms with E-state index >= 15 is 0 Å². The zero-order valence-electron chi connectivity index (χ0n) is 9.68. The molecule has 0 aromatic rings. The minimum Gasteiger partial charge on any atom is -0.467 e. The Balaban J connectivity index is 3.31. The lowest BCUT2D eigenvalue weighted by Crippen LogP contribution is -2.71. The summed E-state index contributed by atoms with van der Waals surface area (Å²) >= 11 is 4.79. The van der Waals surface area contributed by atoms with Gasteiger partial charge in [0.2, 0.25) is 5.91 Å². The van der Waals surface area contributed by atoms with Crippen LogP contribution >= 0.6 is 12.2 Å². The number of amides is 1. The number of ether oxygens (including phenoxy) is 1. The van der Waals surface area contributed by atoms with Crippen molar-refractivity contribution in [3.8, 4) is 6.07 Å². The molecule has 0 bridgehead atoms. The maximum Gasteiger partial charge on any atom is 0.334 e. The standard InChI is InChI=1S/C9H11N3O4S2/c1-16-7(14)9(4-18(2)15)5(3-10)6(13)11-8(17)12-9/h5H,4H2,1-2H3,(H2,11,12,13,17)/t5-,9+,18-/m0/s1. The van der Waals surface area contributed by atoms with Crippen LogP contribution in [0.4, 0.5) is 0 Å². The summed E-state index contributed by atoms with van der Waals surface area (Å²) in [6, 6.07) is 1.72. The summed E-state index contributed by atoms with van der Waals surface area (Å²) in [5.74, 6) is -3.16. The lowest BCUT2D eigenvalue weighted by atomic mass is 9.84. The summed E-state index contributed by atoms with van der Waals surface area (Å²) in [6.45, 7) is 0. The summed E-state index contributed by atoms with van der Waals surface area (Å²) < 4.78 is 16.0. The molecule has 3 atom stereocenters. The fourth-order valence-corrected chi connectivity index (χ4v) is 3.01. The van der Waals surface area contributed by atoms with Crippen molar-refractivity contribution in [1.82, 2.24) is 10.6 Å². The van der Waals surface area contributed by atoms with Crippen LogP contribution in [0.2, 0.25) is 0 Å². The SMILES string of the molecule is COC(=O)[C@]1(C[S@](C)=O)NC(=S)NC(=O)[C@@H]1C#N. The monoisotopic (exact) mass is 289 g/mol. The molecule has 98 valence electrons. The summed E-state index contributed by atoms with van der Waals surface area (Å²) in [5.41, 5.74) is -1.71. The molecule has 0 aromatic carbocycles. The van der Waals surface area contributed by atoms with Gasteiger partial charge in [-0.15, -0.1) is 0 Å². The van der Waals surface area contributed by atoms with Gasteiger partial charge in [0.05, 0.1) is 18.9 Å². The summed E-state index contributed by atoms with van der Waals surface area (Å²) in [5, 5.41) is 13.7. The molecule has 0 saturated carbocycles. The topological polar surface area (TPSA) is 108 Å². The molecule has 1 aliphatic rings. The number of rotatable bonds is 3. The number of methoxy groups -OCH3 is 1. The molecule has 1 aliphatic heterocycles. The van der Waals surface area contributed by atoms with Crippen LogP contribution in [-0.2, 0) is 25.1 Å². The maximum absolute atomic E-state index is 11.9. The Morgan fingerprint density at radius 3 is 2.78 bits per heavy atom. The Labute approximate surface area is 111 Å². The maximum atomic E-state index is 11.9. The van der Waals surface area contributed by atoms with Gasteiger partial charge in [-0.25, -0.2) is 4.79 Å². The van der Waals surface area contributed by atoms with Crippen LogP contribution < -0.4 is 10.6 Å². The van der Waals surface area contributed by atoms with Gasteiger partial charge >= 0.3 is 5.97 Å². The van der Waals surface area contributed by atoms with Crippen LogP contribution in [0.15, 0.2) is 0 Å². The van der Waals surface area contributed by atoms with Gasteiger partial charge in [0.25, 0.3) is 0 Å². The van der Waals surface area contributed by atoms with Crippen molar-refractivity contribution >= 4 is 40.0 Å². The van der Waals surface area contributed by atoms with Crippen molar-refractivity contribution in [2.24, 2.45) is 5.92 Å². The number of nitriles is 1. The van der Waals surface area contributed by atoms with Gasteiger partial charge in [-0.1, -0.05) is 0 Å². The minimum atomic E-state index is -1.71. The second kappa shape index (κ2) is 5.41. The van der Waals surface area contributed by atoms with E-state index in [9.17, 15) is 13.8 Å². The lowest BCUT2D eigenvalue weighted by molar-refractivity contribution is -0.151. The fourth-order valence-electron chi connectivity index (χ4n) is 1.73. The molecule has 1 saturated heterocycles. The van der Waals surface area contributed by atoms with E-state index in [0.29, 0.717) is 0 Å². The predicted molar refractivity (Wildman–Crippen MR) is 66.7 cm³/mol. The molecular weight excluding hydrogens is 278 g/mol. The van der Waals surface area contributed by atoms with E-state index in [1.54, 1.807) is 6.07 Å². The third kappa shape index (κ3) is 2.49. The second-order valence-corrected chi connectivity index (χ2v) is 5.53. The highest BCUT2D eigenvalue weighted by Gasteiger charge is 2.55. The summed E-state index contributed by atoms with van der Waals surface area (Å²) in [6.07, 6.45) is 1.36. The Morgan fingerprint density at radius 2 is 2.33 bits per heavy atom. The number of nitrogens with one attached hydrogen (secondary N) is 2. The number of carbonyl (C=O) groups is 2. The summed E-state index contributed by atoms with van der Waals surface area (Å²) in [4.78, 5) is 23.6. The van der Waals surface area contributed by atoms with E-state index in [4.69, 9.17) is 17.5 Å². The number of esters is 1. The first-order chi connectivity index (χ1) is 8.37. The summed E-state index contributed by atoms with van der Waals surface area (Å²) in [7, 11) is -0.311. The molecular formula is C9H11N3O4S2. The molecule has 0 radical (unpaired) electrons. The van der Waals surface area contributed by atoms with Crippen molar-refractivity contribution in [2.45, 2.75) is 5.54 Å². The van der Waals surface area contributed by atoms with Crippen molar-refractivity contribution in [3.63, 3.8) is 0 Å². The first kappa shape index (κ1) is 14.5. The number of thiocarbonyl (C=S) groups is 1. The van der Waals surface area contributed by atoms with Crippen LogP contribution in [0.25, 0.3) is 0 Å². The largest absolute Gasteiger partial charge is 0.467 e. The Bertz CT molecular complexity index is 469. The van der Waals surface area contributed by atoms with Crippen LogP contribution in [0.1, 0.15) is 0 Å². The third-order valence-corrected chi connectivity index (χ3v) is 3.50. The van der Waals surface area contributed by atoms with E-state index in [1.165, 1.54) is 6.26 Å². The highest BCUT2D eigenvalue weighted by atomic mass is 32.2. The van der Waals surface area contributed by atoms with Crippen molar-refractivity contribution in [3.05, 3.63) is 0 Å². The quantitative estimate of drug-likeness (QED) is 0.477. The molecule has 1 fully saturated rings. The molecule has 0 aliphatic carbocycles. The Morgan fingerprint density at radius 1 is 1.72 bits per heavy atom. The van der Waals surface area contributed by atoms with E-state index in [1.807, 2.05) is 0 Å². The number of hydrogen-bond donors (Lipinski definition) is 2. The lowest BCUT2D eigenvalue weighted by Gasteiger charge is -2.38. The number of nitrogens with zero attached hydrogens (tertiary/aromatic N) is 1. The van der Waals surface area contributed by atoms with Crippen LogP contribution in [0, 0.1) is 17.2 Å². The highest BCUT2D eigenvalue weighted by molar-refractivity contribution is 7.84. The Hall–Kier alpha value is -1.53. The average molecular weight is 289 g/mol. The molecule has 0 aromatic heterocycles. The first-order valence-electron chi connectivity index (χ1n) is 4.78. The molecule has 1 amide bonds.